The van der Waals surface area contributed by atoms with E-state index < -0.39 is 11.4 Å². The van der Waals surface area contributed by atoms with Gasteiger partial charge in [-0.05, 0) is 37.8 Å². The lowest BCUT2D eigenvalue weighted by atomic mass is 9.76. The van der Waals surface area contributed by atoms with Crippen molar-refractivity contribution in [3.8, 4) is 0 Å². The van der Waals surface area contributed by atoms with Gasteiger partial charge in [-0.1, -0.05) is 18.2 Å². The predicted octanol–water partition coefficient (Wildman–Crippen LogP) is 2.24. The van der Waals surface area contributed by atoms with Crippen molar-refractivity contribution >= 4 is 17.6 Å². The van der Waals surface area contributed by atoms with Crippen molar-refractivity contribution in [1.82, 2.24) is 4.90 Å². The van der Waals surface area contributed by atoms with Crippen LogP contribution >= 0.6 is 0 Å². The molecule has 2 rings (SSSR count). The highest BCUT2D eigenvalue weighted by atomic mass is 16.5. The molecule has 0 saturated carbocycles. The number of anilines is 1. The molecular formula is C19H28N2O4. The van der Waals surface area contributed by atoms with Crippen molar-refractivity contribution < 1.29 is 19.4 Å². The molecule has 6 nitrogen and oxygen atoms in total. The van der Waals surface area contributed by atoms with Gasteiger partial charge >= 0.3 is 5.97 Å². The van der Waals surface area contributed by atoms with Gasteiger partial charge < -0.3 is 19.6 Å². The third kappa shape index (κ3) is 4.95. The van der Waals surface area contributed by atoms with Gasteiger partial charge in [0.2, 0.25) is 5.91 Å². The molecule has 1 N–H and O–H groups in total. The van der Waals surface area contributed by atoms with Gasteiger partial charge in [0.25, 0.3) is 0 Å². The fraction of sp³-hybridized carbons (Fsp3) is 0.579. The first kappa shape index (κ1) is 19.2. The minimum Gasteiger partial charge on any atom is -0.481 e. The molecule has 1 aromatic rings. The van der Waals surface area contributed by atoms with E-state index in [1.165, 1.54) is 0 Å². The van der Waals surface area contributed by atoms with E-state index in [0.29, 0.717) is 32.4 Å². The van der Waals surface area contributed by atoms with Crippen LogP contribution in [-0.2, 0) is 14.3 Å². The number of hydrogen-bond acceptors (Lipinski definition) is 4. The number of hydrogen-bond donors (Lipinski definition) is 1. The Morgan fingerprint density at radius 2 is 2.04 bits per heavy atom. The third-order valence-corrected chi connectivity index (χ3v) is 4.96. The fourth-order valence-corrected chi connectivity index (χ4v) is 3.46. The molecule has 1 aromatic carbocycles. The zero-order valence-corrected chi connectivity index (χ0v) is 15.1. The first-order valence-corrected chi connectivity index (χ1v) is 8.75. The van der Waals surface area contributed by atoms with Gasteiger partial charge in [-0.25, -0.2) is 0 Å². The van der Waals surface area contributed by atoms with Crippen molar-refractivity contribution in [2.75, 3.05) is 45.3 Å². The summed E-state index contributed by atoms with van der Waals surface area (Å²) in [6.07, 6.45) is 2.56. The molecule has 25 heavy (non-hydrogen) atoms. The predicted molar refractivity (Wildman–Crippen MR) is 96.7 cm³/mol. The van der Waals surface area contributed by atoms with Crippen LogP contribution in [0.2, 0.25) is 0 Å². The molecule has 1 fully saturated rings. The number of carbonyl (C=O) groups is 2. The molecule has 0 spiro atoms. The van der Waals surface area contributed by atoms with Gasteiger partial charge in [0.15, 0.2) is 0 Å². The van der Waals surface area contributed by atoms with Crippen LogP contribution < -0.4 is 4.90 Å². The number of nitrogens with zero attached hydrogens (tertiary/aromatic N) is 2. The van der Waals surface area contributed by atoms with Crippen LogP contribution in [0.5, 0.6) is 0 Å². The molecule has 0 unspecified atom stereocenters. The lowest BCUT2D eigenvalue weighted by Gasteiger charge is -2.40. The summed E-state index contributed by atoms with van der Waals surface area (Å²) in [5.74, 6) is -0.832. The van der Waals surface area contributed by atoms with Crippen molar-refractivity contribution in [2.24, 2.45) is 5.41 Å². The van der Waals surface area contributed by atoms with Crippen LogP contribution in [0.3, 0.4) is 0 Å². The van der Waals surface area contributed by atoms with E-state index in [9.17, 15) is 14.7 Å². The van der Waals surface area contributed by atoms with Gasteiger partial charge in [0.05, 0.1) is 12.0 Å². The second-order valence-corrected chi connectivity index (χ2v) is 6.79. The molecule has 1 saturated heterocycles. The van der Waals surface area contributed by atoms with Crippen molar-refractivity contribution in [3.63, 3.8) is 0 Å². The summed E-state index contributed by atoms with van der Waals surface area (Å²) >= 11 is 0. The van der Waals surface area contributed by atoms with E-state index in [1.54, 1.807) is 12.0 Å². The maximum atomic E-state index is 12.7. The van der Waals surface area contributed by atoms with Crippen LogP contribution in [0.4, 0.5) is 5.69 Å². The molecule has 0 bridgehead atoms. The number of methoxy groups -OCH3 is 1. The van der Waals surface area contributed by atoms with E-state index in [-0.39, 0.29) is 19.0 Å². The highest BCUT2D eigenvalue weighted by Gasteiger charge is 2.43. The van der Waals surface area contributed by atoms with Crippen molar-refractivity contribution in [3.05, 3.63) is 30.3 Å². The molecule has 0 aliphatic carbocycles. The van der Waals surface area contributed by atoms with Crippen LogP contribution in [0.1, 0.15) is 25.7 Å². The molecule has 1 aliphatic rings. The second-order valence-electron chi connectivity index (χ2n) is 6.79. The first-order valence-electron chi connectivity index (χ1n) is 8.75. The number of carboxylic acids is 1. The monoisotopic (exact) mass is 348 g/mol. The lowest BCUT2D eigenvalue weighted by molar-refractivity contribution is -0.155. The average Bonchev–Trinajstić information content (AvgIpc) is 2.62. The Hall–Kier alpha value is -2.08. The third-order valence-electron chi connectivity index (χ3n) is 4.96. The Labute approximate surface area is 149 Å². The summed E-state index contributed by atoms with van der Waals surface area (Å²) in [6.45, 7) is 1.70. The Morgan fingerprint density at radius 1 is 1.32 bits per heavy atom. The number of carbonyl (C=O) groups excluding carboxylic acids is 1. The Morgan fingerprint density at radius 3 is 2.68 bits per heavy atom. The maximum Gasteiger partial charge on any atom is 0.311 e. The van der Waals surface area contributed by atoms with Crippen LogP contribution in [0.15, 0.2) is 30.3 Å². The highest BCUT2D eigenvalue weighted by molar-refractivity contribution is 5.83. The summed E-state index contributed by atoms with van der Waals surface area (Å²) in [5.41, 5.74) is 0.120. The lowest BCUT2D eigenvalue weighted by Crippen LogP contribution is -2.52. The molecule has 0 radical (unpaired) electrons. The molecule has 1 amide bonds. The van der Waals surface area contributed by atoms with E-state index in [0.717, 1.165) is 12.1 Å². The Bertz CT molecular complexity index is 578. The standard InChI is InChI=1S/C19H28N2O4/c1-20(16-8-4-3-5-9-16)14-17(22)21-12-6-10-19(15-21,18(23)24)11-7-13-25-2/h3-5,8-9H,6-7,10-15H2,1-2H3,(H,23,24)/t19-/m0/s1. The van der Waals surface area contributed by atoms with Gasteiger partial charge in [0, 0.05) is 39.5 Å². The quantitative estimate of drug-likeness (QED) is 0.730. The van der Waals surface area contributed by atoms with E-state index in [2.05, 4.69) is 0 Å². The number of piperidine rings is 1. The largest absolute Gasteiger partial charge is 0.481 e. The van der Waals surface area contributed by atoms with E-state index >= 15 is 0 Å². The Kier molecular flexibility index (Phi) is 6.82. The molecule has 1 heterocycles. The number of rotatable bonds is 8. The zero-order valence-electron chi connectivity index (χ0n) is 15.1. The number of likely N-dealkylation sites (tertiary alicyclic amines) is 1. The molecular weight excluding hydrogens is 320 g/mol. The van der Waals surface area contributed by atoms with Gasteiger partial charge in [-0.15, -0.1) is 0 Å². The highest BCUT2D eigenvalue weighted by Crippen LogP contribution is 2.35. The topological polar surface area (TPSA) is 70.1 Å². The number of amides is 1. The minimum absolute atomic E-state index is 0.0246. The summed E-state index contributed by atoms with van der Waals surface area (Å²) < 4.78 is 5.05. The summed E-state index contributed by atoms with van der Waals surface area (Å²) in [5, 5.41) is 9.76. The zero-order chi connectivity index (χ0) is 18.3. The number of aliphatic carboxylic acids is 1. The number of carboxylic acid groups (broad SMARTS) is 1. The van der Waals surface area contributed by atoms with E-state index in [1.807, 2.05) is 42.3 Å². The summed E-state index contributed by atoms with van der Waals surface area (Å²) in [4.78, 5) is 28.2. The van der Waals surface area contributed by atoms with Gasteiger partial charge in [-0.3, -0.25) is 9.59 Å². The number of para-hydroxylation sites is 1. The molecule has 138 valence electrons. The number of likely N-dealkylation sites (N-methyl/N-ethyl adjacent to an activating group) is 1. The molecule has 1 atom stereocenters. The minimum atomic E-state index is -0.849. The van der Waals surface area contributed by atoms with Gasteiger partial charge in [0.1, 0.15) is 0 Å². The average molecular weight is 348 g/mol. The van der Waals surface area contributed by atoms with Crippen molar-refractivity contribution in [2.45, 2.75) is 25.7 Å². The fourth-order valence-electron chi connectivity index (χ4n) is 3.46. The van der Waals surface area contributed by atoms with Crippen LogP contribution in [0, 0.1) is 5.41 Å². The number of ether oxygens (including phenoxy) is 1. The molecule has 0 aromatic heterocycles. The van der Waals surface area contributed by atoms with Crippen LogP contribution in [-0.4, -0.2) is 62.3 Å². The smallest absolute Gasteiger partial charge is 0.311 e. The van der Waals surface area contributed by atoms with E-state index in [4.69, 9.17) is 4.74 Å². The second kappa shape index (κ2) is 8.85. The normalized spacial score (nSPS) is 20.3. The molecule has 6 heteroatoms. The molecule has 1 aliphatic heterocycles. The maximum absolute atomic E-state index is 12.7. The summed E-state index contributed by atoms with van der Waals surface area (Å²) in [6, 6.07) is 9.71. The SMILES string of the molecule is COCCC[C@@]1(C(=O)O)CCCN(C(=O)CN(C)c2ccccc2)C1. The van der Waals surface area contributed by atoms with Crippen LogP contribution in [0.25, 0.3) is 0 Å². The summed E-state index contributed by atoms with van der Waals surface area (Å²) in [7, 11) is 3.49. The first-order chi connectivity index (χ1) is 12.0. The number of benzene rings is 1. The van der Waals surface area contributed by atoms with Crippen molar-refractivity contribution in [1.29, 1.82) is 0 Å². The Balaban J connectivity index is 2.00. The van der Waals surface area contributed by atoms with Gasteiger partial charge in [-0.2, -0.15) is 0 Å².